The predicted molar refractivity (Wildman–Crippen MR) is 65.3 cm³/mol. The first kappa shape index (κ1) is 13.1. The molecule has 0 aromatic carbocycles. The van der Waals surface area contributed by atoms with E-state index in [2.05, 4.69) is 20.4 Å². The Morgan fingerprint density at radius 3 is 2.44 bits per heavy atom. The van der Waals surface area contributed by atoms with E-state index in [9.17, 15) is 4.79 Å². The van der Waals surface area contributed by atoms with Crippen LogP contribution in [0, 0.1) is 5.92 Å². The Kier molecular flexibility index (Phi) is 3.66. The molecule has 1 fully saturated rings. The van der Waals surface area contributed by atoms with Crippen LogP contribution in [-0.4, -0.2) is 28.7 Å². The molecule has 3 heteroatoms. The molecule has 92 valence electrons. The van der Waals surface area contributed by atoms with Crippen molar-refractivity contribution < 1.29 is 9.53 Å². The first-order valence-electron chi connectivity index (χ1n) is 5.90. The molecule has 1 rings (SSSR count). The monoisotopic (exact) mass is 225 g/mol. The summed E-state index contributed by atoms with van der Waals surface area (Å²) in [6.45, 7) is 13.7. The van der Waals surface area contributed by atoms with Crippen molar-refractivity contribution in [1.82, 2.24) is 4.90 Å². The number of nitrogens with zero attached hydrogens (tertiary/aromatic N) is 1. The number of carbonyl (C=O) groups excluding carboxylic acids is 1. The number of amides is 1. The molecule has 0 N–H and O–H groups in total. The third-order valence-electron chi connectivity index (χ3n) is 3.11. The maximum absolute atomic E-state index is 12.0. The summed E-state index contributed by atoms with van der Waals surface area (Å²) in [6, 6.07) is 0.331. The van der Waals surface area contributed by atoms with E-state index in [1.165, 1.54) is 0 Å². The van der Waals surface area contributed by atoms with E-state index in [0.29, 0.717) is 5.92 Å². The van der Waals surface area contributed by atoms with Crippen molar-refractivity contribution in [3.8, 4) is 0 Å². The molecule has 0 radical (unpaired) electrons. The zero-order valence-electron chi connectivity index (χ0n) is 11.0. The topological polar surface area (TPSA) is 29.5 Å². The SMILES string of the molecule is C=CC1CC(C)C(C)N1C(=O)OC(C)(C)C. The second kappa shape index (κ2) is 4.48. The standard InChI is InChI=1S/C13H23NO2/c1-7-11-8-9(2)10(3)14(11)12(15)16-13(4,5)6/h7,9-11H,1,8H2,2-6H3. The molecular weight excluding hydrogens is 202 g/mol. The molecule has 0 bridgehead atoms. The molecule has 1 aliphatic rings. The van der Waals surface area contributed by atoms with Crippen LogP contribution in [0.5, 0.6) is 0 Å². The van der Waals surface area contributed by atoms with Gasteiger partial charge in [0, 0.05) is 6.04 Å². The molecule has 1 saturated heterocycles. The molecule has 1 heterocycles. The Hall–Kier alpha value is -0.990. The molecule has 3 atom stereocenters. The van der Waals surface area contributed by atoms with Gasteiger partial charge in [-0.15, -0.1) is 6.58 Å². The van der Waals surface area contributed by atoms with Gasteiger partial charge < -0.3 is 4.74 Å². The van der Waals surface area contributed by atoms with Gasteiger partial charge in [0.05, 0.1) is 6.04 Å². The fourth-order valence-electron chi connectivity index (χ4n) is 2.09. The van der Waals surface area contributed by atoms with E-state index in [4.69, 9.17) is 4.74 Å². The molecule has 3 nitrogen and oxygen atoms in total. The van der Waals surface area contributed by atoms with Gasteiger partial charge in [0.1, 0.15) is 5.60 Å². The molecular formula is C13H23NO2. The highest BCUT2D eigenvalue weighted by Gasteiger charge is 2.39. The second-order valence-corrected chi connectivity index (χ2v) is 5.64. The van der Waals surface area contributed by atoms with Crippen LogP contribution in [0.25, 0.3) is 0 Å². The van der Waals surface area contributed by atoms with Crippen LogP contribution in [-0.2, 0) is 4.74 Å². The Bertz CT molecular complexity index is 280. The van der Waals surface area contributed by atoms with Crippen LogP contribution in [0.4, 0.5) is 4.79 Å². The third kappa shape index (κ3) is 2.77. The summed E-state index contributed by atoms with van der Waals surface area (Å²) in [5, 5.41) is 0. The fourth-order valence-corrected chi connectivity index (χ4v) is 2.09. The normalized spacial score (nSPS) is 30.3. The van der Waals surface area contributed by atoms with Gasteiger partial charge in [-0.25, -0.2) is 4.79 Å². The van der Waals surface area contributed by atoms with Gasteiger partial charge in [0.15, 0.2) is 0 Å². The zero-order valence-corrected chi connectivity index (χ0v) is 11.0. The molecule has 1 aliphatic heterocycles. The van der Waals surface area contributed by atoms with Crippen LogP contribution >= 0.6 is 0 Å². The molecule has 3 unspecified atom stereocenters. The number of carbonyl (C=O) groups is 1. The number of likely N-dealkylation sites (tertiary alicyclic amines) is 1. The minimum atomic E-state index is -0.436. The van der Waals surface area contributed by atoms with Crippen molar-refractivity contribution in [2.24, 2.45) is 5.92 Å². The van der Waals surface area contributed by atoms with Crippen LogP contribution < -0.4 is 0 Å². The lowest BCUT2D eigenvalue weighted by Crippen LogP contribution is -2.43. The highest BCUT2D eigenvalue weighted by atomic mass is 16.6. The van der Waals surface area contributed by atoms with Crippen molar-refractivity contribution >= 4 is 6.09 Å². The first-order chi connectivity index (χ1) is 7.26. The number of ether oxygens (including phenoxy) is 1. The molecule has 0 saturated carbocycles. The quantitative estimate of drug-likeness (QED) is 0.641. The van der Waals surface area contributed by atoms with Crippen LogP contribution in [0.15, 0.2) is 12.7 Å². The zero-order chi connectivity index (χ0) is 12.5. The number of hydrogen-bond donors (Lipinski definition) is 0. The summed E-state index contributed by atoms with van der Waals surface area (Å²) in [7, 11) is 0. The van der Waals surface area contributed by atoms with Crippen molar-refractivity contribution in [2.75, 3.05) is 0 Å². The van der Waals surface area contributed by atoms with Gasteiger partial charge in [-0.1, -0.05) is 13.0 Å². The Balaban J connectivity index is 2.77. The average molecular weight is 225 g/mol. The maximum Gasteiger partial charge on any atom is 0.411 e. The highest BCUT2D eigenvalue weighted by Crippen LogP contribution is 2.31. The molecule has 0 spiro atoms. The lowest BCUT2D eigenvalue weighted by atomic mass is 10.0. The highest BCUT2D eigenvalue weighted by molar-refractivity contribution is 5.69. The first-order valence-corrected chi connectivity index (χ1v) is 5.90. The van der Waals surface area contributed by atoms with Gasteiger partial charge in [-0.3, -0.25) is 4.90 Å². The van der Waals surface area contributed by atoms with E-state index in [0.717, 1.165) is 6.42 Å². The lowest BCUT2D eigenvalue weighted by molar-refractivity contribution is 0.0182. The van der Waals surface area contributed by atoms with E-state index in [1.54, 1.807) is 0 Å². The van der Waals surface area contributed by atoms with Crippen molar-refractivity contribution in [1.29, 1.82) is 0 Å². The summed E-state index contributed by atoms with van der Waals surface area (Å²) < 4.78 is 5.41. The Morgan fingerprint density at radius 1 is 1.44 bits per heavy atom. The second-order valence-electron chi connectivity index (χ2n) is 5.64. The van der Waals surface area contributed by atoms with Crippen molar-refractivity contribution in [2.45, 2.75) is 58.7 Å². The van der Waals surface area contributed by atoms with Crippen LogP contribution in [0.1, 0.15) is 41.0 Å². The fraction of sp³-hybridized carbons (Fsp3) is 0.769. The number of rotatable bonds is 1. The van der Waals surface area contributed by atoms with Crippen molar-refractivity contribution in [3.63, 3.8) is 0 Å². The summed E-state index contributed by atoms with van der Waals surface area (Å²) in [5.41, 5.74) is -0.436. The third-order valence-corrected chi connectivity index (χ3v) is 3.11. The van der Waals surface area contributed by atoms with Gasteiger partial charge in [-0.2, -0.15) is 0 Å². The number of hydrogen-bond acceptors (Lipinski definition) is 2. The molecule has 0 aromatic rings. The molecule has 0 aliphatic carbocycles. The molecule has 16 heavy (non-hydrogen) atoms. The van der Waals surface area contributed by atoms with Crippen molar-refractivity contribution in [3.05, 3.63) is 12.7 Å². The molecule has 1 amide bonds. The largest absolute Gasteiger partial charge is 0.444 e. The van der Waals surface area contributed by atoms with E-state index >= 15 is 0 Å². The molecule has 0 aromatic heterocycles. The minimum Gasteiger partial charge on any atom is -0.444 e. The van der Waals surface area contributed by atoms with Gasteiger partial charge in [0.25, 0.3) is 0 Å². The summed E-state index contributed by atoms with van der Waals surface area (Å²) in [6.07, 6.45) is 2.59. The van der Waals surface area contributed by atoms with Crippen LogP contribution in [0.2, 0.25) is 0 Å². The van der Waals surface area contributed by atoms with Crippen LogP contribution in [0.3, 0.4) is 0 Å². The van der Waals surface area contributed by atoms with E-state index < -0.39 is 5.60 Å². The summed E-state index contributed by atoms with van der Waals surface area (Å²) in [4.78, 5) is 13.9. The lowest BCUT2D eigenvalue weighted by Gasteiger charge is -2.30. The maximum atomic E-state index is 12.0. The predicted octanol–water partition coefficient (Wildman–Crippen LogP) is 3.21. The average Bonchev–Trinajstić information content (AvgIpc) is 2.40. The Labute approximate surface area is 98.5 Å². The van der Waals surface area contributed by atoms with Gasteiger partial charge >= 0.3 is 6.09 Å². The smallest absolute Gasteiger partial charge is 0.411 e. The Morgan fingerprint density at radius 2 is 2.00 bits per heavy atom. The van der Waals surface area contributed by atoms with E-state index in [1.807, 2.05) is 31.7 Å². The minimum absolute atomic E-state index is 0.111. The van der Waals surface area contributed by atoms with Gasteiger partial charge in [-0.05, 0) is 40.0 Å². The van der Waals surface area contributed by atoms with E-state index in [-0.39, 0.29) is 18.2 Å². The summed E-state index contributed by atoms with van der Waals surface area (Å²) in [5.74, 6) is 0.496. The van der Waals surface area contributed by atoms with Gasteiger partial charge in [0.2, 0.25) is 0 Å². The summed E-state index contributed by atoms with van der Waals surface area (Å²) >= 11 is 0.